The van der Waals surface area contributed by atoms with Crippen molar-refractivity contribution in [1.82, 2.24) is 0 Å². The Labute approximate surface area is 190 Å². The van der Waals surface area contributed by atoms with Gasteiger partial charge in [0.25, 0.3) is 0 Å². The van der Waals surface area contributed by atoms with Crippen molar-refractivity contribution in [3.63, 3.8) is 0 Å². The molecule has 0 radical (unpaired) electrons. The molecule has 0 spiro atoms. The summed E-state index contributed by atoms with van der Waals surface area (Å²) in [5.74, 6) is -1.51. The molecule has 3 unspecified atom stereocenters. The number of aliphatic hydroxyl groups excluding tert-OH is 4. The van der Waals surface area contributed by atoms with Gasteiger partial charge in [0.1, 0.15) is 35.6 Å². The van der Waals surface area contributed by atoms with E-state index in [0.29, 0.717) is 17.3 Å². The van der Waals surface area contributed by atoms with E-state index >= 15 is 0 Å². The molecule has 5 atom stereocenters. The van der Waals surface area contributed by atoms with E-state index in [1.807, 2.05) is 0 Å². The molecule has 1 heterocycles. The van der Waals surface area contributed by atoms with Crippen molar-refractivity contribution in [3.8, 4) is 5.75 Å². The number of carboxylic acids is 1. The number of carboxylic acid groups (broad SMARTS) is 1. The number of ether oxygens (including phenoxy) is 1. The summed E-state index contributed by atoms with van der Waals surface area (Å²) in [6.45, 7) is -0.607. The zero-order chi connectivity index (χ0) is 17.9. The minimum absolute atomic E-state index is 0. The van der Waals surface area contributed by atoms with Gasteiger partial charge in [0.05, 0.1) is 12.6 Å². The molecule has 132 valence electrons. The van der Waals surface area contributed by atoms with Gasteiger partial charge < -0.3 is 40.2 Å². The summed E-state index contributed by atoms with van der Waals surface area (Å²) in [6, 6.07) is 5.70. The minimum atomic E-state index is -1.59. The number of aliphatic hydroxyl groups is 4. The number of rotatable bonds is 5. The van der Waals surface area contributed by atoms with E-state index in [0.717, 1.165) is 0 Å². The first kappa shape index (κ1) is 23.1. The van der Waals surface area contributed by atoms with E-state index in [2.05, 4.69) is 0 Å². The fraction of sp³-hybridized carbons (Fsp3) is 0.400. The van der Waals surface area contributed by atoms with Crippen LogP contribution in [-0.2, 0) is 9.53 Å². The Morgan fingerprint density at radius 2 is 1.76 bits per heavy atom. The molecule has 10 heteroatoms. The molecule has 1 aliphatic heterocycles. The van der Waals surface area contributed by atoms with Crippen molar-refractivity contribution in [1.29, 1.82) is 0 Å². The Morgan fingerprint density at radius 3 is 2.28 bits per heavy atom. The summed E-state index contributed by atoms with van der Waals surface area (Å²) in [6.07, 6.45) is -4.55. The van der Waals surface area contributed by atoms with E-state index in [1.165, 1.54) is 30.3 Å². The second-order valence-corrected chi connectivity index (χ2v) is 6.34. The van der Waals surface area contributed by atoms with Crippen molar-refractivity contribution < 1.29 is 91.6 Å². The smallest absolute Gasteiger partial charge is 0.544 e. The molecular weight excluding hydrogens is 379 g/mol. The first-order chi connectivity index (χ1) is 11.3. The van der Waals surface area contributed by atoms with Gasteiger partial charge in [-0.1, -0.05) is 23.9 Å². The van der Waals surface area contributed by atoms with Gasteiger partial charge in [-0.2, -0.15) is 0 Å². The van der Waals surface area contributed by atoms with Crippen LogP contribution in [0.5, 0.6) is 5.75 Å². The Balaban J connectivity index is 0.00000312. The van der Waals surface area contributed by atoms with Crippen LogP contribution in [-0.4, -0.2) is 68.0 Å². The number of aliphatic carboxylic acids is 1. The third kappa shape index (κ3) is 6.01. The van der Waals surface area contributed by atoms with Gasteiger partial charge in [0.2, 0.25) is 0 Å². The third-order valence-corrected chi connectivity index (χ3v) is 4.64. The van der Waals surface area contributed by atoms with Crippen molar-refractivity contribution in [2.45, 2.75) is 29.9 Å². The number of hydrogen-bond acceptors (Lipinski definition) is 9. The van der Waals surface area contributed by atoms with Crippen LogP contribution < -0.4 is 56.5 Å². The molecule has 1 fully saturated rings. The molecule has 1 aliphatic rings. The first-order valence-corrected chi connectivity index (χ1v) is 7.90. The van der Waals surface area contributed by atoms with Crippen LogP contribution in [0.25, 0.3) is 6.08 Å². The van der Waals surface area contributed by atoms with E-state index < -0.39 is 42.4 Å². The summed E-state index contributed by atoms with van der Waals surface area (Å²) in [7, 11) is 0. The number of phenols is 1. The van der Waals surface area contributed by atoms with Gasteiger partial charge in [-0.15, -0.1) is 0 Å². The summed E-state index contributed by atoms with van der Waals surface area (Å²) in [4.78, 5) is 11.0. The van der Waals surface area contributed by atoms with Crippen LogP contribution in [0.4, 0.5) is 0 Å². The summed E-state index contributed by atoms with van der Waals surface area (Å²) in [5, 5.41) is 59.0. The molecule has 1 aromatic carbocycles. The van der Waals surface area contributed by atoms with Crippen LogP contribution in [0, 0.1) is 0 Å². The largest absolute Gasteiger partial charge is 1.00 e. The van der Waals surface area contributed by atoms with E-state index in [-0.39, 0.29) is 62.0 Å². The average Bonchev–Trinajstić information content (AvgIpc) is 2.56. The molecule has 0 amide bonds. The molecule has 2 rings (SSSR count). The quantitative estimate of drug-likeness (QED) is 0.243. The fourth-order valence-corrected chi connectivity index (χ4v) is 3.20. The molecule has 0 bridgehead atoms. The number of carbonyl (C=O) groups excluding carboxylic acids is 1. The van der Waals surface area contributed by atoms with Crippen LogP contribution in [0.2, 0.25) is 0 Å². The molecule has 1 aromatic rings. The van der Waals surface area contributed by atoms with E-state index in [1.54, 1.807) is 0 Å². The molecule has 5 N–H and O–H groups in total. The predicted octanol–water partition coefficient (Wildman–Crippen LogP) is -4.98. The number of phenolic OH excluding ortho intramolecular Hbond substituents is 1. The molecule has 0 aliphatic carbocycles. The van der Waals surface area contributed by atoms with Gasteiger partial charge in [-0.05, 0) is 23.8 Å². The maximum absolute atomic E-state index is 11.3. The number of benzene rings is 1. The second-order valence-electron chi connectivity index (χ2n) is 5.20. The standard InChI is InChI=1S/C15H18O8S.K/c16-6-9-11(18)12(19)13(20)15(23-9)24-10(14(21)22)5-7-1-3-8(17)4-2-7;/h1-5,9,11-13,15-20H,6H2,(H,21,22);/q;+1/p-1/b10-5-;/t9?,11-,12?,13?,15+;/m1./s1. The monoisotopic (exact) mass is 396 g/mol. The third-order valence-electron chi connectivity index (χ3n) is 3.48. The fourth-order valence-electron chi connectivity index (χ4n) is 2.15. The summed E-state index contributed by atoms with van der Waals surface area (Å²) >= 11 is 0.588. The first-order valence-electron chi connectivity index (χ1n) is 7.02. The minimum Gasteiger partial charge on any atom is -0.544 e. The van der Waals surface area contributed by atoms with Crippen molar-refractivity contribution in [2.24, 2.45) is 0 Å². The van der Waals surface area contributed by atoms with Gasteiger partial charge in [-0.3, -0.25) is 0 Å². The van der Waals surface area contributed by atoms with Gasteiger partial charge in [-0.25, -0.2) is 0 Å². The Bertz CT molecular complexity index is 606. The molecule has 0 aromatic heterocycles. The zero-order valence-corrected chi connectivity index (χ0v) is 17.3. The van der Waals surface area contributed by atoms with Crippen LogP contribution >= 0.6 is 11.8 Å². The number of carbonyl (C=O) groups is 1. The normalized spacial score (nSPS) is 29.8. The van der Waals surface area contributed by atoms with Crippen molar-refractivity contribution in [2.75, 3.05) is 6.61 Å². The van der Waals surface area contributed by atoms with Crippen LogP contribution in [0.15, 0.2) is 29.2 Å². The van der Waals surface area contributed by atoms with E-state index in [4.69, 9.17) is 9.84 Å². The predicted molar refractivity (Wildman–Crippen MR) is 82.4 cm³/mol. The SMILES string of the molecule is O=C([O-])/C(=C/c1ccc(O)cc1)S[C@@H]1OC(CO)[C@@H](O)C(O)C1O.[K+]. The summed E-state index contributed by atoms with van der Waals surface area (Å²) in [5.41, 5.74) is -0.758. The topological polar surface area (TPSA) is 151 Å². The molecule has 8 nitrogen and oxygen atoms in total. The molecule has 0 saturated carbocycles. The van der Waals surface area contributed by atoms with Crippen molar-refractivity contribution in [3.05, 3.63) is 34.7 Å². The summed E-state index contributed by atoms with van der Waals surface area (Å²) < 4.78 is 5.25. The van der Waals surface area contributed by atoms with Gasteiger partial charge >= 0.3 is 51.4 Å². The van der Waals surface area contributed by atoms with Crippen molar-refractivity contribution >= 4 is 23.8 Å². The molecular formula is C15H17KO8S. The Hall–Kier alpha value is 0.0164. The van der Waals surface area contributed by atoms with Crippen LogP contribution in [0.3, 0.4) is 0 Å². The maximum atomic E-state index is 11.3. The van der Waals surface area contributed by atoms with Gasteiger partial charge in [0, 0.05) is 4.91 Å². The Morgan fingerprint density at radius 1 is 1.16 bits per heavy atom. The second kappa shape index (κ2) is 10.4. The molecule has 25 heavy (non-hydrogen) atoms. The Kier molecular flexibility index (Phi) is 9.57. The average molecular weight is 396 g/mol. The number of aromatic hydroxyl groups is 1. The maximum Gasteiger partial charge on any atom is 1.00 e. The zero-order valence-electron chi connectivity index (χ0n) is 13.3. The van der Waals surface area contributed by atoms with E-state index in [9.17, 15) is 30.3 Å². The van der Waals surface area contributed by atoms with Crippen LogP contribution in [0.1, 0.15) is 5.56 Å². The number of hydrogen-bond donors (Lipinski definition) is 5. The number of thioether (sulfide) groups is 1. The van der Waals surface area contributed by atoms with Gasteiger partial charge in [0.15, 0.2) is 0 Å². The molecule has 1 saturated heterocycles.